The minimum atomic E-state index is -0.0958. The number of halogens is 1. The number of hydrogen-bond acceptors (Lipinski definition) is 3. The van der Waals surface area contributed by atoms with Crippen LogP contribution in [0.4, 0.5) is 5.69 Å². The minimum absolute atomic E-state index is 0. The lowest BCUT2D eigenvalue weighted by atomic mass is 9.94. The smallest absolute Gasteiger partial charge is 0.251 e. The largest absolute Gasteiger partial charge is 0.399 e. The normalized spacial score (nSPS) is 11.9. The molecule has 21 heavy (non-hydrogen) atoms. The van der Waals surface area contributed by atoms with E-state index < -0.39 is 0 Å². The van der Waals surface area contributed by atoms with E-state index in [1.165, 1.54) is 0 Å². The first-order valence-electron chi connectivity index (χ1n) is 7.19. The molecule has 0 aromatic heterocycles. The van der Waals surface area contributed by atoms with Gasteiger partial charge in [-0.05, 0) is 49.3 Å². The predicted octanol–water partition coefficient (Wildman–Crippen LogP) is 2.77. The third-order valence-electron chi connectivity index (χ3n) is 3.40. The lowest BCUT2D eigenvalue weighted by Gasteiger charge is -2.19. The fourth-order valence-electron chi connectivity index (χ4n) is 2.37. The summed E-state index contributed by atoms with van der Waals surface area (Å²) < 4.78 is 0. The van der Waals surface area contributed by atoms with Crippen LogP contribution in [-0.4, -0.2) is 24.2 Å². The highest BCUT2D eigenvalue weighted by Crippen LogP contribution is 2.16. The molecular weight excluding hydrogens is 288 g/mol. The van der Waals surface area contributed by atoms with Gasteiger partial charge in [0.15, 0.2) is 0 Å². The summed E-state index contributed by atoms with van der Waals surface area (Å²) in [5.41, 5.74) is 7.85. The zero-order valence-corrected chi connectivity index (χ0v) is 13.9. The number of nitrogens with two attached hydrogens (primary N) is 1. The van der Waals surface area contributed by atoms with E-state index >= 15 is 0 Å². The minimum Gasteiger partial charge on any atom is -0.399 e. The van der Waals surface area contributed by atoms with Gasteiger partial charge >= 0.3 is 0 Å². The summed E-state index contributed by atoms with van der Waals surface area (Å²) >= 11 is 0. The molecule has 5 heteroatoms. The zero-order chi connectivity index (χ0) is 15.1. The maximum atomic E-state index is 12.2. The van der Waals surface area contributed by atoms with E-state index in [1.54, 1.807) is 12.1 Å². The van der Waals surface area contributed by atoms with Crippen LogP contribution < -0.4 is 11.1 Å². The quantitative estimate of drug-likeness (QED) is 0.677. The monoisotopic (exact) mass is 314 g/mol. The summed E-state index contributed by atoms with van der Waals surface area (Å²) in [6.45, 7) is 6.94. The van der Waals surface area contributed by atoms with Gasteiger partial charge in [0.25, 0.3) is 5.91 Å². The van der Waals surface area contributed by atoms with Crippen LogP contribution in [0.2, 0.25) is 0 Å². The van der Waals surface area contributed by atoms with Crippen molar-refractivity contribution in [2.24, 2.45) is 11.8 Å². The van der Waals surface area contributed by atoms with Crippen LogP contribution in [0.3, 0.4) is 0 Å². The zero-order valence-electron chi connectivity index (χ0n) is 13.1. The van der Waals surface area contributed by atoms with Crippen LogP contribution in [-0.2, 0) is 0 Å². The number of nitrogen functional groups attached to an aromatic ring is 1. The highest BCUT2D eigenvalue weighted by Gasteiger charge is 2.14. The molecule has 1 aromatic carbocycles. The van der Waals surface area contributed by atoms with Crippen LogP contribution in [0, 0.1) is 18.8 Å². The number of aliphatic hydroxyl groups is 1. The van der Waals surface area contributed by atoms with E-state index in [9.17, 15) is 4.79 Å². The Balaban J connectivity index is 0.00000400. The molecule has 0 heterocycles. The lowest BCUT2D eigenvalue weighted by molar-refractivity contribution is 0.0941. The molecule has 1 aromatic rings. The number of aryl methyl sites for hydroxylation is 1. The van der Waals surface area contributed by atoms with Gasteiger partial charge in [-0.1, -0.05) is 19.9 Å². The number of carbonyl (C=O) groups is 1. The second-order valence-electron chi connectivity index (χ2n) is 5.79. The van der Waals surface area contributed by atoms with Crippen molar-refractivity contribution in [3.8, 4) is 0 Å². The van der Waals surface area contributed by atoms with E-state index in [2.05, 4.69) is 19.2 Å². The van der Waals surface area contributed by atoms with Crippen molar-refractivity contribution in [2.45, 2.75) is 33.6 Å². The Morgan fingerprint density at radius 1 is 1.38 bits per heavy atom. The predicted molar refractivity (Wildman–Crippen MR) is 89.8 cm³/mol. The van der Waals surface area contributed by atoms with E-state index in [4.69, 9.17) is 10.8 Å². The van der Waals surface area contributed by atoms with Gasteiger partial charge in [0.2, 0.25) is 0 Å². The molecule has 0 fully saturated rings. The van der Waals surface area contributed by atoms with Gasteiger partial charge in [0, 0.05) is 24.4 Å². The second-order valence-corrected chi connectivity index (χ2v) is 5.79. The Labute approximate surface area is 133 Å². The second kappa shape index (κ2) is 9.64. The summed E-state index contributed by atoms with van der Waals surface area (Å²) in [7, 11) is 0. The molecule has 1 unspecified atom stereocenters. The molecule has 0 aliphatic carbocycles. The van der Waals surface area contributed by atoms with Gasteiger partial charge in [-0.15, -0.1) is 12.4 Å². The fraction of sp³-hybridized carbons (Fsp3) is 0.562. The molecule has 0 saturated heterocycles. The lowest BCUT2D eigenvalue weighted by Crippen LogP contribution is -2.31. The van der Waals surface area contributed by atoms with Gasteiger partial charge < -0.3 is 16.2 Å². The molecule has 0 aliphatic rings. The SMILES string of the molecule is Cc1ccc(N)cc1C(=O)NCC(CCO)CC(C)C.Cl. The average Bonchev–Trinajstić information content (AvgIpc) is 2.38. The first kappa shape index (κ1) is 19.7. The average molecular weight is 315 g/mol. The Hall–Kier alpha value is -1.26. The molecule has 0 aliphatic heterocycles. The van der Waals surface area contributed by atoms with Gasteiger partial charge in [-0.25, -0.2) is 0 Å². The molecule has 0 saturated carbocycles. The van der Waals surface area contributed by atoms with E-state index in [0.717, 1.165) is 12.0 Å². The molecule has 4 nitrogen and oxygen atoms in total. The van der Waals surface area contributed by atoms with Crippen LogP contribution >= 0.6 is 12.4 Å². The van der Waals surface area contributed by atoms with Crippen LogP contribution in [0.5, 0.6) is 0 Å². The maximum Gasteiger partial charge on any atom is 0.251 e. The van der Waals surface area contributed by atoms with Crippen LogP contribution in [0.25, 0.3) is 0 Å². The molecule has 4 N–H and O–H groups in total. The van der Waals surface area contributed by atoms with E-state index in [-0.39, 0.29) is 24.9 Å². The van der Waals surface area contributed by atoms with Crippen molar-refractivity contribution in [3.63, 3.8) is 0 Å². The topological polar surface area (TPSA) is 75.4 Å². The van der Waals surface area contributed by atoms with Crippen molar-refractivity contribution < 1.29 is 9.90 Å². The van der Waals surface area contributed by atoms with Crippen molar-refractivity contribution >= 4 is 24.0 Å². The summed E-state index contributed by atoms with van der Waals surface area (Å²) in [5, 5.41) is 12.0. The Bertz CT molecular complexity index is 450. The summed E-state index contributed by atoms with van der Waals surface area (Å²) in [6.07, 6.45) is 1.71. The number of nitrogens with one attached hydrogen (secondary N) is 1. The Morgan fingerprint density at radius 3 is 2.62 bits per heavy atom. The van der Waals surface area contributed by atoms with Gasteiger partial charge in [-0.3, -0.25) is 4.79 Å². The van der Waals surface area contributed by atoms with Crippen molar-refractivity contribution in [1.29, 1.82) is 0 Å². The highest BCUT2D eigenvalue weighted by atomic mass is 35.5. The molecule has 1 atom stereocenters. The molecule has 0 spiro atoms. The van der Waals surface area contributed by atoms with Crippen molar-refractivity contribution in [3.05, 3.63) is 29.3 Å². The molecule has 1 amide bonds. The first-order valence-corrected chi connectivity index (χ1v) is 7.19. The van der Waals surface area contributed by atoms with Gasteiger partial charge in [0.05, 0.1) is 0 Å². The highest BCUT2D eigenvalue weighted by molar-refractivity contribution is 5.96. The molecule has 0 bridgehead atoms. The molecule has 0 radical (unpaired) electrons. The maximum absolute atomic E-state index is 12.2. The third kappa shape index (κ3) is 6.82. The molecule has 1 rings (SSSR count). The number of anilines is 1. The molecule has 120 valence electrons. The fourth-order valence-corrected chi connectivity index (χ4v) is 2.37. The molecular formula is C16H27ClN2O2. The Kier molecular flexibility index (Phi) is 9.06. The van der Waals surface area contributed by atoms with Gasteiger partial charge in [-0.2, -0.15) is 0 Å². The number of benzene rings is 1. The number of aliphatic hydroxyl groups excluding tert-OH is 1. The Morgan fingerprint density at radius 2 is 2.05 bits per heavy atom. The third-order valence-corrected chi connectivity index (χ3v) is 3.40. The number of rotatable bonds is 7. The van der Waals surface area contributed by atoms with Crippen molar-refractivity contribution in [1.82, 2.24) is 5.32 Å². The van der Waals surface area contributed by atoms with Crippen LogP contribution in [0.15, 0.2) is 18.2 Å². The number of carbonyl (C=O) groups excluding carboxylic acids is 1. The van der Waals surface area contributed by atoms with E-state index in [0.29, 0.717) is 36.1 Å². The number of amides is 1. The summed E-state index contributed by atoms with van der Waals surface area (Å²) in [4.78, 5) is 12.2. The number of hydrogen-bond donors (Lipinski definition) is 3. The van der Waals surface area contributed by atoms with E-state index in [1.807, 2.05) is 13.0 Å². The standard InChI is InChI=1S/C16H26N2O2.ClH/c1-11(2)8-13(6-7-19)10-18-16(20)15-9-14(17)5-4-12(15)3;/h4-5,9,11,13,19H,6-8,10,17H2,1-3H3,(H,18,20);1H. The summed E-state index contributed by atoms with van der Waals surface area (Å²) in [6, 6.07) is 5.34. The van der Waals surface area contributed by atoms with Gasteiger partial charge in [0.1, 0.15) is 0 Å². The van der Waals surface area contributed by atoms with Crippen molar-refractivity contribution in [2.75, 3.05) is 18.9 Å². The summed E-state index contributed by atoms with van der Waals surface area (Å²) in [5.74, 6) is 0.768. The first-order chi connectivity index (χ1) is 9.43. The van der Waals surface area contributed by atoms with Crippen LogP contribution in [0.1, 0.15) is 42.6 Å².